The predicted octanol–water partition coefficient (Wildman–Crippen LogP) is 15.9. The number of hydrogen-bond acceptors (Lipinski definition) is 2. The Morgan fingerprint density at radius 3 is 1.36 bits per heavy atom. The lowest BCUT2D eigenvalue weighted by atomic mass is 9.89. The van der Waals surface area contributed by atoms with Crippen LogP contribution in [0, 0.1) is 0 Å². The summed E-state index contributed by atoms with van der Waals surface area (Å²) in [4.78, 5) is 2.44. The highest BCUT2D eigenvalue weighted by Gasteiger charge is 2.20. The number of benzene rings is 9. The quantitative estimate of drug-likeness (QED) is 0.150. The van der Waals surface area contributed by atoms with E-state index in [2.05, 4.69) is 229 Å². The van der Waals surface area contributed by atoms with Crippen LogP contribution in [0.5, 0.6) is 0 Å². The Morgan fingerprint density at radius 2 is 0.732 bits per heavy atom. The van der Waals surface area contributed by atoms with Crippen LogP contribution in [0.25, 0.3) is 75.8 Å². The zero-order valence-corrected chi connectivity index (χ0v) is 31.5. The fourth-order valence-electron chi connectivity index (χ4n) is 8.13. The molecule has 0 fully saturated rings. The average molecular weight is 732 g/mol. The van der Waals surface area contributed by atoms with Gasteiger partial charge in [-0.3, -0.25) is 0 Å². The Hall–Kier alpha value is -7.00. The molecule has 0 unspecified atom stereocenters. The van der Waals surface area contributed by atoms with E-state index in [1.54, 1.807) is 0 Å². The van der Waals surface area contributed by atoms with Gasteiger partial charge in [-0.15, -0.1) is 11.3 Å². The van der Waals surface area contributed by atoms with E-state index in [1.807, 2.05) is 11.3 Å². The van der Waals surface area contributed by atoms with E-state index in [1.165, 1.54) is 75.8 Å². The molecule has 1 aromatic heterocycles. The van der Waals surface area contributed by atoms with Gasteiger partial charge in [0.15, 0.2) is 0 Å². The summed E-state index contributed by atoms with van der Waals surface area (Å²) in [5.41, 5.74) is 15.5. The van der Waals surface area contributed by atoms with Gasteiger partial charge in [-0.2, -0.15) is 0 Å². The second-order valence-corrected chi connectivity index (χ2v) is 15.1. The van der Waals surface area contributed by atoms with Crippen LogP contribution in [0.4, 0.5) is 17.1 Å². The molecule has 10 aromatic rings. The zero-order chi connectivity index (χ0) is 37.3. The number of hydrogen-bond donors (Lipinski definition) is 0. The van der Waals surface area contributed by atoms with Crippen molar-refractivity contribution in [1.82, 2.24) is 0 Å². The van der Waals surface area contributed by atoms with Crippen molar-refractivity contribution in [2.75, 3.05) is 4.90 Å². The molecule has 10 rings (SSSR count). The lowest BCUT2D eigenvalue weighted by molar-refractivity contribution is 1.30. The summed E-state index contributed by atoms with van der Waals surface area (Å²) in [6, 6.07) is 81.3. The Kier molecular flexibility index (Phi) is 8.79. The number of fused-ring (bicyclic) bond motifs is 3. The zero-order valence-electron chi connectivity index (χ0n) is 30.7. The molecule has 0 aliphatic rings. The largest absolute Gasteiger partial charge is 0.310 e. The van der Waals surface area contributed by atoms with Crippen molar-refractivity contribution >= 4 is 48.6 Å². The summed E-state index contributed by atoms with van der Waals surface area (Å²) in [6.45, 7) is 0. The molecule has 1 heterocycles. The molecule has 2 heteroatoms. The second-order valence-electron chi connectivity index (χ2n) is 14.0. The van der Waals surface area contributed by atoms with Gasteiger partial charge in [-0.1, -0.05) is 182 Å². The van der Waals surface area contributed by atoms with Crippen LogP contribution in [0.1, 0.15) is 0 Å². The maximum atomic E-state index is 2.44. The van der Waals surface area contributed by atoms with E-state index in [4.69, 9.17) is 0 Å². The van der Waals surface area contributed by atoms with Crippen molar-refractivity contribution in [3.63, 3.8) is 0 Å². The van der Waals surface area contributed by atoms with E-state index in [0.29, 0.717) is 0 Å². The van der Waals surface area contributed by atoms with Gasteiger partial charge in [-0.25, -0.2) is 0 Å². The molecule has 0 aliphatic carbocycles. The first kappa shape index (κ1) is 33.6. The number of rotatable bonds is 8. The molecule has 9 aromatic carbocycles. The van der Waals surface area contributed by atoms with Gasteiger partial charge < -0.3 is 4.90 Å². The summed E-state index contributed by atoms with van der Waals surface area (Å²) in [5, 5.41) is 2.55. The average Bonchev–Trinajstić information content (AvgIpc) is 3.67. The number of anilines is 3. The van der Waals surface area contributed by atoms with Crippen molar-refractivity contribution in [2.45, 2.75) is 0 Å². The van der Waals surface area contributed by atoms with Gasteiger partial charge in [-0.05, 0) is 98.1 Å². The normalized spacial score (nSPS) is 11.2. The predicted molar refractivity (Wildman–Crippen MR) is 241 cm³/mol. The summed E-state index contributed by atoms with van der Waals surface area (Å²) >= 11 is 1.86. The maximum absolute atomic E-state index is 2.44. The molecule has 264 valence electrons. The third-order valence-electron chi connectivity index (χ3n) is 10.7. The minimum absolute atomic E-state index is 1.11. The van der Waals surface area contributed by atoms with Crippen molar-refractivity contribution in [1.29, 1.82) is 0 Å². The highest BCUT2D eigenvalue weighted by Crippen LogP contribution is 2.46. The Balaban J connectivity index is 1.14. The molecule has 0 atom stereocenters. The molecule has 56 heavy (non-hydrogen) atoms. The highest BCUT2D eigenvalue weighted by molar-refractivity contribution is 7.26. The fourth-order valence-corrected chi connectivity index (χ4v) is 9.26. The van der Waals surface area contributed by atoms with Gasteiger partial charge in [0, 0.05) is 31.5 Å². The van der Waals surface area contributed by atoms with Crippen LogP contribution in [0.3, 0.4) is 0 Å². The molecular weight excluding hydrogens is 695 g/mol. The van der Waals surface area contributed by atoms with E-state index < -0.39 is 0 Å². The first-order chi connectivity index (χ1) is 27.8. The molecule has 0 N–H and O–H groups in total. The molecule has 0 aliphatic heterocycles. The molecule has 0 radical (unpaired) electrons. The summed E-state index contributed by atoms with van der Waals surface area (Å²) in [5.74, 6) is 0. The van der Waals surface area contributed by atoms with Gasteiger partial charge in [0.05, 0.1) is 5.69 Å². The lowest BCUT2D eigenvalue weighted by Gasteiger charge is -2.27. The summed E-state index contributed by atoms with van der Waals surface area (Å²) < 4.78 is 2.57. The molecule has 0 spiro atoms. The smallest absolute Gasteiger partial charge is 0.0554 e. The topological polar surface area (TPSA) is 3.24 Å². The van der Waals surface area contributed by atoms with Crippen molar-refractivity contribution in [2.24, 2.45) is 0 Å². The Bertz CT molecular complexity index is 2960. The van der Waals surface area contributed by atoms with Crippen LogP contribution in [-0.2, 0) is 0 Å². The van der Waals surface area contributed by atoms with Gasteiger partial charge in [0.1, 0.15) is 0 Å². The number of nitrogens with zero attached hydrogens (tertiary/aromatic N) is 1. The Labute approximate surface area is 332 Å². The van der Waals surface area contributed by atoms with Crippen molar-refractivity contribution in [3.05, 3.63) is 224 Å². The van der Waals surface area contributed by atoms with E-state index in [-0.39, 0.29) is 0 Å². The van der Waals surface area contributed by atoms with Gasteiger partial charge in [0.2, 0.25) is 0 Å². The van der Waals surface area contributed by atoms with E-state index in [0.717, 1.165) is 17.1 Å². The SMILES string of the molecule is c1ccc(-c2ccccc2-c2ccc(N(c3cccc(-c4ccccc4-c4ccccc4-c4ccccc4)c3)c3cccc4sc5ccccc5c34)cc2)cc1. The van der Waals surface area contributed by atoms with Gasteiger partial charge in [0.25, 0.3) is 0 Å². The monoisotopic (exact) mass is 731 g/mol. The molecule has 0 saturated carbocycles. The van der Waals surface area contributed by atoms with Crippen LogP contribution >= 0.6 is 11.3 Å². The molecule has 0 amide bonds. The molecule has 0 saturated heterocycles. The minimum atomic E-state index is 1.11. The van der Waals surface area contributed by atoms with Crippen LogP contribution in [-0.4, -0.2) is 0 Å². The number of thiophene rings is 1. The standard InChI is InChI=1S/C54H37NS/c1-3-17-38(18-4-1)44-23-7-8-24-45(44)40-33-35-42(36-34-40)55(51-30-16-32-53-54(51)50-29-13-14-31-52(50)56-53)43-22-15-21-41(37-43)47-26-10-12-28-49(47)48-27-11-9-25-46(48)39-19-5-2-6-20-39/h1-37H. The van der Waals surface area contributed by atoms with Crippen molar-refractivity contribution in [3.8, 4) is 55.6 Å². The minimum Gasteiger partial charge on any atom is -0.310 e. The van der Waals surface area contributed by atoms with Crippen LogP contribution < -0.4 is 4.90 Å². The highest BCUT2D eigenvalue weighted by atomic mass is 32.1. The van der Waals surface area contributed by atoms with E-state index >= 15 is 0 Å². The third kappa shape index (κ3) is 6.17. The van der Waals surface area contributed by atoms with Gasteiger partial charge >= 0.3 is 0 Å². The second kappa shape index (κ2) is 14.7. The van der Waals surface area contributed by atoms with E-state index in [9.17, 15) is 0 Å². The van der Waals surface area contributed by atoms with Crippen LogP contribution in [0.2, 0.25) is 0 Å². The first-order valence-corrected chi connectivity index (χ1v) is 19.9. The molecular formula is C54H37NS. The summed E-state index contributed by atoms with van der Waals surface area (Å²) in [6.07, 6.45) is 0. The lowest BCUT2D eigenvalue weighted by Crippen LogP contribution is -2.10. The molecule has 0 bridgehead atoms. The van der Waals surface area contributed by atoms with Crippen LogP contribution in [0.15, 0.2) is 224 Å². The third-order valence-corrected chi connectivity index (χ3v) is 11.9. The van der Waals surface area contributed by atoms with Crippen molar-refractivity contribution < 1.29 is 0 Å². The summed E-state index contributed by atoms with van der Waals surface area (Å²) in [7, 11) is 0. The first-order valence-electron chi connectivity index (χ1n) is 19.1. The Morgan fingerprint density at radius 1 is 0.286 bits per heavy atom. The fraction of sp³-hybridized carbons (Fsp3) is 0. The molecule has 1 nitrogen and oxygen atoms in total. The maximum Gasteiger partial charge on any atom is 0.0554 e.